The maximum Gasteiger partial charge on any atom is 0.243 e. The Labute approximate surface area is 174 Å². The smallest absolute Gasteiger partial charge is 0.243 e. The zero-order valence-electron chi connectivity index (χ0n) is 17.6. The molecule has 0 spiro atoms. The van der Waals surface area contributed by atoms with Crippen molar-refractivity contribution in [2.75, 3.05) is 33.3 Å². The first kappa shape index (κ1) is 21.6. The molecule has 0 unspecified atom stereocenters. The highest BCUT2D eigenvalue weighted by molar-refractivity contribution is 7.89. The van der Waals surface area contributed by atoms with Crippen LogP contribution in [0.1, 0.15) is 25.0 Å². The molecule has 1 aliphatic heterocycles. The van der Waals surface area contributed by atoms with Crippen LogP contribution in [0.2, 0.25) is 0 Å². The summed E-state index contributed by atoms with van der Waals surface area (Å²) in [5, 5.41) is 0. The molecule has 0 bridgehead atoms. The number of hydrogen-bond acceptors (Lipinski definition) is 5. The molecule has 0 radical (unpaired) electrons. The van der Waals surface area contributed by atoms with Gasteiger partial charge in [-0.2, -0.15) is 4.31 Å². The molecule has 29 heavy (non-hydrogen) atoms. The number of methoxy groups -OCH3 is 1. The van der Waals surface area contributed by atoms with Gasteiger partial charge < -0.3 is 9.47 Å². The highest BCUT2D eigenvalue weighted by atomic mass is 32.2. The fourth-order valence-electron chi connectivity index (χ4n) is 3.43. The maximum absolute atomic E-state index is 13.1. The molecule has 0 saturated carbocycles. The Balaban J connectivity index is 1.62. The lowest BCUT2D eigenvalue weighted by atomic mass is 10.2. The van der Waals surface area contributed by atoms with Gasteiger partial charge in [0.15, 0.2) is 0 Å². The summed E-state index contributed by atoms with van der Waals surface area (Å²) in [6.07, 6.45) is 0.0509. The summed E-state index contributed by atoms with van der Waals surface area (Å²) in [7, 11) is -1.85. The minimum Gasteiger partial charge on any atom is -0.497 e. The second-order valence-corrected chi connectivity index (χ2v) is 9.56. The zero-order valence-corrected chi connectivity index (χ0v) is 18.4. The van der Waals surface area contributed by atoms with Crippen LogP contribution < -0.4 is 9.47 Å². The molecule has 2 aromatic rings. The van der Waals surface area contributed by atoms with Crippen molar-refractivity contribution in [3.8, 4) is 11.5 Å². The second-order valence-electron chi connectivity index (χ2n) is 7.62. The quantitative estimate of drug-likeness (QED) is 0.691. The Morgan fingerprint density at radius 2 is 1.66 bits per heavy atom. The van der Waals surface area contributed by atoms with Gasteiger partial charge in [-0.1, -0.05) is 12.1 Å². The van der Waals surface area contributed by atoms with Crippen LogP contribution in [0, 0.1) is 6.92 Å². The molecule has 7 heteroatoms. The largest absolute Gasteiger partial charge is 0.497 e. The standard InChI is InChI=1S/C22H30N2O4S/c1-17(2)28-22-10-9-21(15-18(22)3)29(25,26)24-13-11-23(12-14-24)16-19-5-7-20(27-4)8-6-19/h5-10,15,17H,11-14,16H2,1-4H3. The lowest BCUT2D eigenvalue weighted by Gasteiger charge is -2.34. The fourth-order valence-corrected chi connectivity index (χ4v) is 4.94. The zero-order chi connectivity index (χ0) is 21.0. The molecule has 3 rings (SSSR count). The second kappa shape index (κ2) is 9.15. The summed E-state index contributed by atoms with van der Waals surface area (Å²) >= 11 is 0. The molecular formula is C22H30N2O4S. The maximum atomic E-state index is 13.1. The lowest BCUT2D eigenvalue weighted by molar-refractivity contribution is 0.181. The fraction of sp³-hybridized carbons (Fsp3) is 0.455. The van der Waals surface area contributed by atoms with E-state index in [-0.39, 0.29) is 6.10 Å². The van der Waals surface area contributed by atoms with Crippen LogP contribution in [0.25, 0.3) is 0 Å². The third kappa shape index (κ3) is 5.29. The molecule has 0 N–H and O–H groups in total. The first-order valence-corrected chi connectivity index (χ1v) is 11.4. The third-order valence-corrected chi connectivity index (χ3v) is 6.94. The molecule has 1 aliphatic rings. The average Bonchev–Trinajstić information content (AvgIpc) is 2.70. The minimum absolute atomic E-state index is 0.0509. The van der Waals surface area contributed by atoms with E-state index in [0.29, 0.717) is 31.1 Å². The van der Waals surface area contributed by atoms with E-state index in [1.165, 1.54) is 5.56 Å². The predicted octanol–water partition coefficient (Wildman–Crippen LogP) is 3.30. The number of rotatable bonds is 7. The van der Waals surface area contributed by atoms with E-state index in [1.807, 2.05) is 45.0 Å². The van der Waals surface area contributed by atoms with Gasteiger partial charge in [-0.25, -0.2) is 8.42 Å². The van der Waals surface area contributed by atoms with Crippen LogP contribution in [0.3, 0.4) is 0 Å². The van der Waals surface area contributed by atoms with E-state index in [4.69, 9.17) is 9.47 Å². The average molecular weight is 419 g/mol. The molecule has 158 valence electrons. The Kier molecular flexibility index (Phi) is 6.82. The van der Waals surface area contributed by atoms with Crippen molar-refractivity contribution in [3.05, 3.63) is 53.6 Å². The van der Waals surface area contributed by atoms with E-state index < -0.39 is 10.0 Å². The molecule has 2 aromatic carbocycles. The minimum atomic E-state index is -3.50. The molecule has 6 nitrogen and oxygen atoms in total. The Bertz CT molecular complexity index is 918. The summed E-state index contributed by atoms with van der Waals surface area (Å²) < 4.78 is 38.6. The van der Waals surface area contributed by atoms with Gasteiger partial charge in [0, 0.05) is 32.7 Å². The number of nitrogens with zero attached hydrogens (tertiary/aromatic N) is 2. The Morgan fingerprint density at radius 3 is 2.21 bits per heavy atom. The van der Waals surface area contributed by atoms with Crippen molar-refractivity contribution in [1.82, 2.24) is 9.21 Å². The first-order chi connectivity index (χ1) is 13.8. The van der Waals surface area contributed by atoms with Gasteiger partial charge in [-0.05, 0) is 62.2 Å². The van der Waals surface area contributed by atoms with Crippen LogP contribution in [-0.2, 0) is 16.6 Å². The van der Waals surface area contributed by atoms with Crippen LogP contribution in [0.15, 0.2) is 47.4 Å². The van der Waals surface area contributed by atoms with E-state index in [2.05, 4.69) is 4.90 Å². The predicted molar refractivity (Wildman–Crippen MR) is 114 cm³/mol. The number of sulfonamides is 1. The van der Waals surface area contributed by atoms with Crippen LogP contribution >= 0.6 is 0 Å². The van der Waals surface area contributed by atoms with Crippen LogP contribution in [0.4, 0.5) is 0 Å². The Hall–Kier alpha value is -2.09. The number of piperazine rings is 1. The Morgan fingerprint density at radius 1 is 1.00 bits per heavy atom. The van der Waals surface area contributed by atoms with Crippen LogP contribution in [0.5, 0.6) is 11.5 Å². The molecule has 0 aliphatic carbocycles. The van der Waals surface area contributed by atoms with Gasteiger partial charge in [0.2, 0.25) is 10.0 Å². The van der Waals surface area contributed by atoms with E-state index in [9.17, 15) is 8.42 Å². The van der Waals surface area contributed by atoms with E-state index >= 15 is 0 Å². The van der Waals surface area contributed by atoms with E-state index in [1.54, 1.807) is 29.6 Å². The van der Waals surface area contributed by atoms with Crippen molar-refractivity contribution in [3.63, 3.8) is 0 Å². The van der Waals surface area contributed by atoms with Gasteiger partial charge in [0.1, 0.15) is 11.5 Å². The molecule has 1 heterocycles. The highest BCUT2D eigenvalue weighted by Gasteiger charge is 2.29. The molecule has 0 aromatic heterocycles. The van der Waals surface area contributed by atoms with Crippen molar-refractivity contribution < 1.29 is 17.9 Å². The van der Waals surface area contributed by atoms with Gasteiger partial charge in [-0.15, -0.1) is 0 Å². The summed E-state index contributed by atoms with van der Waals surface area (Å²) in [6, 6.07) is 13.1. The number of aryl methyl sites for hydroxylation is 1. The molecular weight excluding hydrogens is 388 g/mol. The van der Waals surface area contributed by atoms with Gasteiger partial charge in [0.25, 0.3) is 0 Å². The van der Waals surface area contributed by atoms with Gasteiger partial charge in [0.05, 0.1) is 18.1 Å². The molecule has 1 fully saturated rings. The van der Waals surface area contributed by atoms with Crippen LogP contribution in [-0.4, -0.2) is 57.0 Å². The lowest BCUT2D eigenvalue weighted by Crippen LogP contribution is -2.48. The molecule has 0 atom stereocenters. The van der Waals surface area contributed by atoms with Crippen molar-refractivity contribution in [1.29, 1.82) is 0 Å². The van der Waals surface area contributed by atoms with Crippen molar-refractivity contribution in [2.24, 2.45) is 0 Å². The number of benzene rings is 2. The van der Waals surface area contributed by atoms with Gasteiger partial charge >= 0.3 is 0 Å². The monoisotopic (exact) mass is 418 g/mol. The molecule has 1 saturated heterocycles. The van der Waals surface area contributed by atoms with Crippen molar-refractivity contribution >= 4 is 10.0 Å². The summed E-state index contributed by atoms with van der Waals surface area (Å²) in [4.78, 5) is 2.60. The number of hydrogen-bond donors (Lipinski definition) is 0. The normalized spacial score (nSPS) is 16.2. The summed E-state index contributed by atoms with van der Waals surface area (Å²) in [5.74, 6) is 1.56. The number of ether oxygens (including phenoxy) is 2. The topological polar surface area (TPSA) is 59.1 Å². The van der Waals surface area contributed by atoms with E-state index in [0.717, 1.165) is 23.6 Å². The van der Waals surface area contributed by atoms with Gasteiger partial charge in [-0.3, -0.25) is 4.90 Å². The SMILES string of the molecule is COc1ccc(CN2CCN(S(=O)(=O)c3ccc(OC(C)C)c(C)c3)CC2)cc1. The van der Waals surface area contributed by atoms with Crippen molar-refractivity contribution in [2.45, 2.75) is 38.3 Å². The first-order valence-electron chi connectivity index (χ1n) is 9.92. The summed E-state index contributed by atoms with van der Waals surface area (Å²) in [5.41, 5.74) is 2.02. The highest BCUT2D eigenvalue weighted by Crippen LogP contribution is 2.25. The summed E-state index contributed by atoms with van der Waals surface area (Å²) in [6.45, 7) is 8.98. The third-order valence-electron chi connectivity index (χ3n) is 5.04. The molecule has 0 amide bonds.